The summed E-state index contributed by atoms with van der Waals surface area (Å²) < 4.78 is 0. The molecule has 2 atom stereocenters. The molecule has 0 unspecified atom stereocenters. The highest BCUT2D eigenvalue weighted by atomic mass is 16.2. The first kappa shape index (κ1) is 22.3. The van der Waals surface area contributed by atoms with Crippen LogP contribution < -0.4 is 10.6 Å². The normalized spacial score (nSPS) is 17.1. The fraction of sp³-hybridized carbons (Fsp3) is 0.370. The number of likely N-dealkylation sites (N-methyl/N-ethyl adjacent to an activating group) is 1. The van der Waals surface area contributed by atoms with Gasteiger partial charge in [-0.15, -0.1) is 0 Å². The highest BCUT2D eigenvalue weighted by molar-refractivity contribution is 5.83. The van der Waals surface area contributed by atoms with E-state index in [1.54, 1.807) is 0 Å². The Labute approximate surface area is 191 Å². The number of nitrogens with one attached hydrogen (secondary N) is 2. The number of amides is 2. The van der Waals surface area contributed by atoms with Crippen molar-refractivity contribution < 1.29 is 4.79 Å². The van der Waals surface area contributed by atoms with Gasteiger partial charge < -0.3 is 15.5 Å². The molecule has 1 heterocycles. The lowest BCUT2D eigenvalue weighted by atomic mass is 10.0. The number of nitrogens with zero attached hydrogens (tertiary/aromatic N) is 2. The molecule has 0 spiro atoms. The minimum atomic E-state index is -0.110. The van der Waals surface area contributed by atoms with Crippen LogP contribution in [-0.4, -0.2) is 61.6 Å². The molecular weight excluding hydrogens is 396 g/mol. The van der Waals surface area contributed by atoms with E-state index in [-0.39, 0.29) is 18.1 Å². The summed E-state index contributed by atoms with van der Waals surface area (Å²) in [6.07, 6.45) is 0.798. The molecule has 1 saturated heterocycles. The van der Waals surface area contributed by atoms with E-state index in [0.29, 0.717) is 0 Å². The van der Waals surface area contributed by atoms with Crippen LogP contribution in [0.25, 0.3) is 10.8 Å². The van der Waals surface area contributed by atoms with Gasteiger partial charge in [0.05, 0.1) is 6.04 Å². The summed E-state index contributed by atoms with van der Waals surface area (Å²) in [5.74, 6) is 0. The Balaban J connectivity index is 1.36. The van der Waals surface area contributed by atoms with Crippen molar-refractivity contribution in [2.24, 2.45) is 0 Å². The van der Waals surface area contributed by atoms with E-state index in [9.17, 15) is 4.79 Å². The molecule has 5 heteroatoms. The molecule has 0 aromatic heterocycles. The number of hydrogen-bond acceptors (Lipinski definition) is 3. The van der Waals surface area contributed by atoms with E-state index in [1.807, 2.05) is 18.2 Å². The monoisotopic (exact) mass is 430 g/mol. The van der Waals surface area contributed by atoms with Crippen molar-refractivity contribution in [3.05, 3.63) is 83.9 Å². The highest BCUT2D eigenvalue weighted by Gasteiger charge is 2.21. The van der Waals surface area contributed by atoms with Crippen LogP contribution >= 0.6 is 0 Å². The molecule has 0 aliphatic carbocycles. The van der Waals surface area contributed by atoms with Crippen LogP contribution in [0.3, 0.4) is 0 Å². The van der Waals surface area contributed by atoms with E-state index in [4.69, 9.17) is 0 Å². The largest absolute Gasteiger partial charge is 0.335 e. The third-order valence-corrected chi connectivity index (χ3v) is 6.28. The predicted octanol–water partition coefficient (Wildman–Crippen LogP) is 4.06. The van der Waals surface area contributed by atoms with E-state index < -0.39 is 0 Å². The van der Waals surface area contributed by atoms with Crippen molar-refractivity contribution in [2.75, 3.05) is 39.8 Å². The smallest absolute Gasteiger partial charge is 0.315 e. The van der Waals surface area contributed by atoms with Crippen molar-refractivity contribution >= 4 is 16.8 Å². The first-order chi connectivity index (χ1) is 15.6. The molecule has 5 nitrogen and oxygen atoms in total. The minimum absolute atomic E-state index is 0.0347. The second kappa shape index (κ2) is 10.6. The topological polar surface area (TPSA) is 47.6 Å². The maximum Gasteiger partial charge on any atom is 0.315 e. The van der Waals surface area contributed by atoms with Gasteiger partial charge in [-0.3, -0.25) is 4.90 Å². The van der Waals surface area contributed by atoms with Gasteiger partial charge in [0.2, 0.25) is 0 Å². The van der Waals surface area contributed by atoms with Gasteiger partial charge in [-0.05, 0) is 42.3 Å². The number of piperazine rings is 1. The highest BCUT2D eigenvalue weighted by Crippen LogP contribution is 2.18. The Morgan fingerprint density at radius 3 is 2.31 bits per heavy atom. The Bertz CT molecular complexity index is 1010. The molecule has 0 saturated carbocycles. The van der Waals surface area contributed by atoms with Gasteiger partial charge in [-0.25, -0.2) is 4.79 Å². The standard InChI is InChI=1S/C27H34N4O/c1-21(18-22-12-13-23-8-6-7-11-25(23)19-22)28-27(32)29-26(24-9-4-3-5-10-24)20-31-16-14-30(2)15-17-31/h3-13,19,21,26H,14-18,20H2,1-2H3,(H2,28,29,32)/t21-,26+/m0/s1. The molecule has 0 bridgehead atoms. The SMILES string of the molecule is C[C@@H](Cc1ccc2ccccc2c1)NC(=O)N[C@H](CN1CCN(C)CC1)c1ccccc1. The number of carbonyl (C=O) groups is 1. The van der Waals surface area contributed by atoms with Crippen LogP contribution in [0.15, 0.2) is 72.8 Å². The first-order valence-electron chi connectivity index (χ1n) is 11.6. The third kappa shape index (κ3) is 6.09. The molecule has 3 aromatic carbocycles. The Morgan fingerprint density at radius 1 is 0.875 bits per heavy atom. The lowest BCUT2D eigenvalue weighted by Crippen LogP contribution is -2.49. The quantitative estimate of drug-likeness (QED) is 0.594. The number of rotatable bonds is 7. The van der Waals surface area contributed by atoms with Crippen LogP contribution in [0.2, 0.25) is 0 Å². The van der Waals surface area contributed by atoms with E-state index in [0.717, 1.165) is 44.7 Å². The predicted molar refractivity (Wildman–Crippen MR) is 132 cm³/mol. The molecular formula is C27H34N4O. The van der Waals surface area contributed by atoms with Crippen molar-refractivity contribution in [2.45, 2.75) is 25.4 Å². The summed E-state index contributed by atoms with van der Waals surface area (Å²) in [5, 5.41) is 8.85. The number of fused-ring (bicyclic) bond motifs is 1. The summed E-state index contributed by atoms with van der Waals surface area (Å²) in [5.41, 5.74) is 2.37. The first-order valence-corrected chi connectivity index (χ1v) is 11.6. The van der Waals surface area contributed by atoms with Crippen LogP contribution in [0.4, 0.5) is 4.79 Å². The Kier molecular flexibility index (Phi) is 7.40. The summed E-state index contributed by atoms with van der Waals surface area (Å²) in [7, 11) is 2.16. The van der Waals surface area contributed by atoms with Gasteiger partial charge in [-0.1, -0.05) is 72.8 Å². The van der Waals surface area contributed by atoms with E-state index >= 15 is 0 Å². The van der Waals surface area contributed by atoms with Crippen LogP contribution in [0.5, 0.6) is 0 Å². The maximum absolute atomic E-state index is 12.9. The fourth-order valence-electron chi connectivity index (χ4n) is 4.40. The zero-order chi connectivity index (χ0) is 22.3. The van der Waals surface area contributed by atoms with Gasteiger partial charge >= 0.3 is 6.03 Å². The van der Waals surface area contributed by atoms with E-state index in [2.05, 4.69) is 89.0 Å². The van der Waals surface area contributed by atoms with Crippen LogP contribution in [0, 0.1) is 0 Å². The zero-order valence-electron chi connectivity index (χ0n) is 19.1. The molecule has 1 fully saturated rings. The zero-order valence-corrected chi connectivity index (χ0v) is 19.1. The molecule has 1 aliphatic heterocycles. The van der Waals surface area contributed by atoms with Gasteiger partial charge in [-0.2, -0.15) is 0 Å². The maximum atomic E-state index is 12.9. The average molecular weight is 431 g/mol. The second-order valence-corrected chi connectivity index (χ2v) is 8.97. The Hall–Kier alpha value is -2.89. The molecule has 3 aromatic rings. The third-order valence-electron chi connectivity index (χ3n) is 6.28. The Morgan fingerprint density at radius 2 is 1.56 bits per heavy atom. The number of benzene rings is 3. The van der Waals surface area contributed by atoms with Crippen LogP contribution in [0.1, 0.15) is 24.1 Å². The number of hydrogen-bond donors (Lipinski definition) is 2. The van der Waals surface area contributed by atoms with Crippen molar-refractivity contribution in [3.8, 4) is 0 Å². The number of urea groups is 1. The van der Waals surface area contributed by atoms with Crippen molar-refractivity contribution in [1.29, 1.82) is 0 Å². The summed E-state index contributed by atoms with van der Waals surface area (Å²) in [6, 6.07) is 25.1. The van der Waals surface area contributed by atoms with Crippen molar-refractivity contribution in [1.82, 2.24) is 20.4 Å². The summed E-state index contributed by atoms with van der Waals surface area (Å²) in [6.45, 7) is 7.08. The lowest BCUT2D eigenvalue weighted by molar-refractivity contribution is 0.142. The van der Waals surface area contributed by atoms with Gasteiger partial charge in [0, 0.05) is 38.8 Å². The molecule has 1 aliphatic rings. The molecule has 0 radical (unpaired) electrons. The molecule has 4 rings (SSSR count). The second-order valence-electron chi connectivity index (χ2n) is 8.97. The minimum Gasteiger partial charge on any atom is -0.335 e. The summed E-state index contributed by atoms with van der Waals surface area (Å²) in [4.78, 5) is 17.7. The molecule has 2 amide bonds. The van der Waals surface area contributed by atoms with Gasteiger partial charge in [0.25, 0.3) is 0 Å². The molecule has 2 N–H and O–H groups in total. The number of carbonyl (C=O) groups excluding carboxylic acids is 1. The van der Waals surface area contributed by atoms with E-state index in [1.165, 1.54) is 16.3 Å². The average Bonchev–Trinajstić information content (AvgIpc) is 2.80. The molecule has 168 valence electrons. The van der Waals surface area contributed by atoms with Gasteiger partial charge in [0.1, 0.15) is 0 Å². The van der Waals surface area contributed by atoms with Crippen molar-refractivity contribution in [3.63, 3.8) is 0 Å². The summed E-state index contributed by atoms with van der Waals surface area (Å²) >= 11 is 0. The van der Waals surface area contributed by atoms with Crippen LogP contribution in [-0.2, 0) is 6.42 Å². The molecule has 32 heavy (non-hydrogen) atoms. The lowest BCUT2D eigenvalue weighted by Gasteiger charge is -2.35. The van der Waals surface area contributed by atoms with Gasteiger partial charge in [0.15, 0.2) is 0 Å². The fourth-order valence-corrected chi connectivity index (χ4v) is 4.40.